The zero-order chi connectivity index (χ0) is 30.7. The first-order valence-corrected chi connectivity index (χ1v) is 13.2. The Balaban J connectivity index is 1.43. The van der Waals surface area contributed by atoms with Gasteiger partial charge in [0.25, 0.3) is 5.91 Å². The number of alkyl halides is 3. The van der Waals surface area contributed by atoms with Crippen molar-refractivity contribution in [3.05, 3.63) is 106 Å². The summed E-state index contributed by atoms with van der Waals surface area (Å²) in [5.74, 6) is -0.473. The molecule has 5 rings (SSSR count). The highest BCUT2D eigenvalue weighted by Gasteiger charge is 2.31. The third kappa shape index (κ3) is 6.46. The van der Waals surface area contributed by atoms with Crippen LogP contribution in [0.1, 0.15) is 27.2 Å². The number of aryl methyl sites for hydroxylation is 2. The van der Waals surface area contributed by atoms with Crippen LogP contribution in [0.15, 0.2) is 77.7 Å². The molecule has 0 aliphatic heterocycles. The number of aromatic nitrogens is 4. The Hall–Kier alpha value is -5.30. The number of rotatable bonds is 8. The molecule has 5 N–H and O–H groups in total. The Morgan fingerprint density at radius 2 is 1.72 bits per heavy atom. The summed E-state index contributed by atoms with van der Waals surface area (Å²) in [7, 11) is 0. The molecule has 0 saturated carbocycles. The molecule has 0 fully saturated rings. The van der Waals surface area contributed by atoms with E-state index in [1.807, 2.05) is 24.3 Å². The second-order valence-electron chi connectivity index (χ2n) is 9.70. The Kier molecular flexibility index (Phi) is 8.08. The van der Waals surface area contributed by atoms with Crippen molar-refractivity contribution < 1.29 is 18.0 Å². The number of nitrogens with zero attached hydrogens (tertiary/aromatic N) is 4. The van der Waals surface area contributed by atoms with Gasteiger partial charge in [0.2, 0.25) is 5.95 Å². The minimum absolute atomic E-state index is 0.155. The second kappa shape index (κ2) is 11.9. The molecule has 220 valence electrons. The molecule has 1 amide bonds. The van der Waals surface area contributed by atoms with Gasteiger partial charge in [-0.05, 0) is 67.9 Å². The zero-order valence-electron chi connectivity index (χ0n) is 23.2. The number of fused-ring (bicyclic) bond motifs is 1. The van der Waals surface area contributed by atoms with Crippen molar-refractivity contribution in [2.24, 2.45) is 5.73 Å². The Labute approximate surface area is 243 Å². The van der Waals surface area contributed by atoms with Crippen LogP contribution in [-0.2, 0) is 6.18 Å². The molecule has 3 aromatic carbocycles. The van der Waals surface area contributed by atoms with Crippen LogP contribution in [0.5, 0.6) is 0 Å². The number of nitrogens with one attached hydrogen (secondary N) is 3. The lowest BCUT2D eigenvalue weighted by Gasteiger charge is -2.16. The van der Waals surface area contributed by atoms with Crippen LogP contribution < -0.4 is 27.4 Å². The lowest BCUT2D eigenvalue weighted by molar-refractivity contribution is -0.137. The van der Waals surface area contributed by atoms with Gasteiger partial charge in [-0.1, -0.05) is 18.2 Å². The minimum atomic E-state index is -4.58. The fourth-order valence-corrected chi connectivity index (χ4v) is 4.48. The minimum Gasteiger partial charge on any atom is -0.384 e. The summed E-state index contributed by atoms with van der Waals surface area (Å²) in [6, 6.07) is 16.5. The molecule has 0 aliphatic carbocycles. The average molecular weight is 589 g/mol. The summed E-state index contributed by atoms with van der Waals surface area (Å²) in [5.41, 5.74) is 7.59. The third-order valence-electron chi connectivity index (χ3n) is 6.64. The monoisotopic (exact) mass is 588 g/mol. The number of hydrogen-bond acceptors (Lipinski definition) is 8. The number of carbonyl (C=O) groups excluding carboxylic acids is 1. The molecule has 0 saturated heterocycles. The van der Waals surface area contributed by atoms with Crippen LogP contribution in [0, 0.1) is 13.8 Å². The summed E-state index contributed by atoms with van der Waals surface area (Å²) < 4.78 is 40.7. The van der Waals surface area contributed by atoms with Gasteiger partial charge in [-0.2, -0.15) is 23.1 Å². The summed E-state index contributed by atoms with van der Waals surface area (Å²) in [5, 5.41) is 9.45. The van der Waals surface area contributed by atoms with Crippen LogP contribution in [0.3, 0.4) is 0 Å². The van der Waals surface area contributed by atoms with Gasteiger partial charge in [0, 0.05) is 47.6 Å². The fraction of sp³-hybridized carbons (Fsp3) is 0.167. The van der Waals surface area contributed by atoms with E-state index in [2.05, 4.69) is 30.9 Å². The van der Waals surface area contributed by atoms with Gasteiger partial charge in [0.05, 0.1) is 16.6 Å². The maximum Gasteiger partial charge on any atom is 0.416 e. The standard InChI is InChI=1S/C30H27F3N8O2/c1-17-9-10-23(37-27(42)19-5-3-6-20(13-19)30(31,32)33)15-25(17)41-18(2)24-16-36-28(39-26(24)40-29(41)43)38-22-8-4-7-21(14-22)35-12-11-34/h3-10,13-16,35H,11-12,34H2,1-2H3,(H,37,42)(H,38,39,40,43). The van der Waals surface area contributed by atoms with Crippen LogP contribution in [0.2, 0.25) is 0 Å². The highest BCUT2D eigenvalue weighted by atomic mass is 19.4. The zero-order valence-corrected chi connectivity index (χ0v) is 23.2. The maximum absolute atomic E-state index is 13.3. The summed E-state index contributed by atoms with van der Waals surface area (Å²) in [4.78, 5) is 39.1. The van der Waals surface area contributed by atoms with Crippen molar-refractivity contribution in [1.82, 2.24) is 19.5 Å². The van der Waals surface area contributed by atoms with Crippen LogP contribution >= 0.6 is 0 Å². The molecule has 0 unspecified atom stereocenters. The lowest BCUT2D eigenvalue weighted by atomic mass is 10.1. The molecular weight excluding hydrogens is 561 g/mol. The number of hydrogen-bond donors (Lipinski definition) is 4. The predicted octanol–water partition coefficient (Wildman–Crippen LogP) is 5.18. The average Bonchev–Trinajstić information content (AvgIpc) is 2.97. The van der Waals surface area contributed by atoms with Gasteiger partial charge in [-0.25, -0.2) is 9.78 Å². The molecule has 10 nitrogen and oxygen atoms in total. The first kappa shape index (κ1) is 29.2. The normalized spacial score (nSPS) is 11.4. The summed E-state index contributed by atoms with van der Waals surface area (Å²) in [6.07, 6.45) is -3.02. The van der Waals surface area contributed by atoms with E-state index in [0.717, 1.165) is 23.5 Å². The maximum atomic E-state index is 13.3. The number of carbonyl (C=O) groups is 1. The second-order valence-corrected chi connectivity index (χ2v) is 9.70. The largest absolute Gasteiger partial charge is 0.416 e. The van der Waals surface area contributed by atoms with Crippen molar-refractivity contribution in [2.45, 2.75) is 20.0 Å². The molecule has 5 aromatic rings. The van der Waals surface area contributed by atoms with Crippen LogP contribution in [0.25, 0.3) is 16.7 Å². The highest BCUT2D eigenvalue weighted by molar-refractivity contribution is 6.04. The topological polar surface area (TPSA) is 140 Å². The number of halogens is 3. The molecule has 0 aliphatic rings. The molecular formula is C30H27F3N8O2. The van der Waals surface area contributed by atoms with E-state index in [4.69, 9.17) is 5.73 Å². The summed E-state index contributed by atoms with van der Waals surface area (Å²) >= 11 is 0. The first-order chi connectivity index (χ1) is 20.5. The Bertz CT molecular complexity index is 1890. The number of amides is 1. The van der Waals surface area contributed by atoms with E-state index in [0.29, 0.717) is 35.4 Å². The quantitative estimate of drug-likeness (QED) is 0.195. The lowest BCUT2D eigenvalue weighted by Crippen LogP contribution is -2.25. The van der Waals surface area contributed by atoms with Crippen LogP contribution in [-0.4, -0.2) is 38.5 Å². The molecule has 2 heterocycles. The van der Waals surface area contributed by atoms with E-state index in [9.17, 15) is 22.8 Å². The Morgan fingerprint density at radius 3 is 2.49 bits per heavy atom. The molecule has 43 heavy (non-hydrogen) atoms. The van der Waals surface area contributed by atoms with Crippen LogP contribution in [0.4, 0.5) is 36.2 Å². The van der Waals surface area contributed by atoms with Gasteiger partial charge in [0.1, 0.15) is 0 Å². The van der Waals surface area contributed by atoms with Crippen molar-refractivity contribution >= 4 is 40.0 Å². The predicted molar refractivity (Wildman–Crippen MR) is 159 cm³/mol. The van der Waals surface area contributed by atoms with E-state index < -0.39 is 23.3 Å². The molecule has 0 radical (unpaired) electrons. The Morgan fingerprint density at radius 1 is 0.953 bits per heavy atom. The van der Waals surface area contributed by atoms with E-state index >= 15 is 0 Å². The third-order valence-corrected chi connectivity index (χ3v) is 6.64. The van der Waals surface area contributed by atoms with Gasteiger partial charge < -0.3 is 21.7 Å². The van der Waals surface area contributed by atoms with E-state index in [-0.39, 0.29) is 22.8 Å². The smallest absolute Gasteiger partial charge is 0.384 e. The number of benzene rings is 3. The summed E-state index contributed by atoms with van der Waals surface area (Å²) in [6.45, 7) is 4.62. The molecule has 0 spiro atoms. The number of nitrogens with two attached hydrogens (primary N) is 1. The fourth-order valence-electron chi connectivity index (χ4n) is 4.48. The molecule has 0 atom stereocenters. The number of anilines is 4. The van der Waals surface area contributed by atoms with E-state index in [1.54, 1.807) is 38.2 Å². The molecule has 0 bridgehead atoms. The van der Waals surface area contributed by atoms with Crippen molar-refractivity contribution in [3.8, 4) is 5.69 Å². The van der Waals surface area contributed by atoms with Gasteiger partial charge in [0.15, 0.2) is 5.65 Å². The van der Waals surface area contributed by atoms with Gasteiger partial charge in [-0.3, -0.25) is 9.36 Å². The van der Waals surface area contributed by atoms with Gasteiger partial charge in [-0.15, -0.1) is 0 Å². The van der Waals surface area contributed by atoms with Gasteiger partial charge >= 0.3 is 11.9 Å². The molecule has 2 aromatic heterocycles. The highest BCUT2D eigenvalue weighted by Crippen LogP contribution is 2.30. The van der Waals surface area contributed by atoms with Crippen molar-refractivity contribution in [3.63, 3.8) is 0 Å². The van der Waals surface area contributed by atoms with E-state index in [1.165, 1.54) is 16.7 Å². The first-order valence-electron chi connectivity index (χ1n) is 13.2. The SMILES string of the molecule is Cc1ccc(NC(=O)c2cccc(C(F)(F)F)c2)cc1-n1c(C)c2cnc(Nc3cccc(NCCN)c3)nc2nc1=O. The van der Waals surface area contributed by atoms with Crippen molar-refractivity contribution in [2.75, 3.05) is 29.0 Å². The van der Waals surface area contributed by atoms with Crippen molar-refractivity contribution in [1.29, 1.82) is 0 Å². The molecule has 13 heteroatoms.